The number of hydrogen-bond donors (Lipinski definition) is 2. The van der Waals surface area contributed by atoms with E-state index in [2.05, 4.69) is 10.3 Å². The average Bonchev–Trinajstić information content (AvgIpc) is 2.46. The number of aromatic nitrogens is 1. The van der Waals surface area contributed by atoms with Gasteiger partial charge in [-0.25, -0.2) is 4.98 Å². The highest BCUT2D eigenvalue weighted by molar-refractivity contribution is 5.82. The third-order valence-electron chi connectivity index (χ3n) is 3.02. The van der Waals surface area contributed by atoms with E-state index in [0.717, 1.165) is 42.5 Å². The topological polar surface area (TPSA) is 88.3 Å². The molecule has 0 atom stereocenters. The molecule has 0 saturated heterocycles. The summed E-state index contributed by atoms with van der Waals surface area (Å²) in [5.74, 6) is 0.760. The fourth-order valence-electron chi connectivity index (χ4n) is 1.96. The van der Waals surface area contributed by atoms with Gasteiger partial charge in [0.2, 0.25) is 0 Å². The van der Waals surface area contributed by atoms with Crippen molar-refractivity contribution in [3.05, 3.63) is 40.4 Å². The predicted octanol–water partition coefficient (Wildman–Crippen LogP) is 2.72. The molecule has 0 fully saturated rings. The standard InChI is InChI=1S/C14H17N3O3/c18-9-3-1-2-8-15-14-7-4-11-10-12(17(19)20)5-6-13(11)16-14/h4-7,10,18H,1-3,8-9H2,(H,15,16). The van der Waals surface area contributed by atoms with Crippen LogP contribution in [0.15, 0.2) is 30.3 Å². The van der Waals surface area contributed by atoms with E-state index in [9.17, 15) is 10.1 Å². The number of non-ortho nitro benzene ring substituents is 1. The summed E-state index contributed by atoms with van der Waals surface area (Å²) in [6.45, 7) is 1.03. The lowest BCUT2D eigenvalue weighted by atomic mass is 10.2. The zero-order valence-corrected chi connectivity index (χ0v) is 11.1. The minimum absolute atomic E-state index is 0.0732. The summed E-state index contributed by atoms with van der Waals surface area (Å²) in [5, 5.41) is 23.3. The van der Waals surface area contributed by atoms with Gasteiger partial charge in [-0.05, 0) is 37.5 Å². The van der Waals surface area contributed by atoms with Gasteiger partial charge in [-0.1, -0.05) is 0 Å². The molecule has 0 spiro atoms. The average molecular weight is 275 g/mol. The quantitative estimate of drug-likeness (QED) is 0.461. The monoisotopic (exact) mass is 275 g/mol. The maximum absolute atomic E-state index is 10.7. The first-order chi connectivity index (χ1) is 9.70. The van der Waals surface area contributed by atoms with E-state index in [1.807, 2.05) is 12.1 Å². The second-order valence-corrected chi connectivity index (χ2v) is 4.54. The van der Waals surface area contributed by atoms with Crippen molar-refractivity contribution in [1.29, 1.82) is 0 Å². The normalized spacial score (nSPS) is 10.7. The predicted molar refractivity (Wildman–Crippen MR) is 77.8 cm³/mol. The molecular weight excluding hydrogens is 258 g/mol. The molecule has 0 saturated carbocycles. The molecule has 6 nitrogen and oxygen atoms in total. The lowest BCUT2D eigenvalue weighted by molar-refractivity contribution is -0.384. The van der Waals surface area contributed by atoms with Gasteiger partial charge in [-0.2, -0.15) is 0 Å². The van der Waals surface area contributed by atoms with Crippen LogP contribution in [-0.4, -0.2) is 28.2 Å². The van der Waals surface area contributed by atoms with Crippen molar-refractivity contribution in [3.63, 3.8) is 0 Å². The summed E-state index contributed by atoms with van der Waals surface area (Å²) in [6.07, 6.45) is 2.76. The highest BCUT2D eigenvalue weighted by Crippen LogP contribution is 2.21. The molecule has 1 aromatic heterocycles. The Hall–Kier alpha value is -2.21. The van der Waals surface area contributed by atoms with Gasteiger partial charge in [0.05, 0.1) is 10.4 Å². The van der Waals surface area contributed by atoms with E-state index in [1.54, 1.807) is 6.07 Å². The van der Waals surface area contributed by atoms with Crippen LogP contribution in [0.25, 0.3) is 10.9 Å². The van der Waals surface area contributed by atoms with E-state index in [0.29, 0.717) is 0 Å². The summed E-state index contributed by atoms with van der Waals surface area (Å²) in [7, 11) is 0. The molecule has 0 bridgehead atoms. The van der Waals surface area contributed by atoms with Crippen LogP contribution in [0.2, 0.25) is 0 Å². The number of aliphatic hydroxyl groups excluding tert-OH is 1. The van der Waals surface area contributed by atoms with E-state index < -0.39 is 4.92 Å². The van der Waals surface area contributed by atoms with Crippen molar-refractivity contribution in [1.82, 2.24) is 4.98 Å². The van der Waals surface area contributed by atoms with E-state index in [-0.39, 0.29) is 12.3 Å². The first kappa shape index (κ1) is 14.2. The largest absolute Gasteiger partial charge is 0.396 e. The molecule has 1 heterocycles. The molecule has 0 unspecified atom stereocenters. The Kier molecular flexibility index (Phi) is 4.84. The summed E-state index contributed by atoms with van der Waals surface area (Å²) < 4.78 is 0. The van der Waals surface area contributed by atoms with Crippen LogP contribution in [0.4, 0.5) is 11.5 Å². The van der Waals surface area contributed by atoms with Gasteiger partial charge in [0, 0.05) is 30.7 Å². The maximum atomic E-state index is 10.7. The second-order valence-electron chi connectivity index (χ2n) is 4.54. The third kappa shape index (κ3) is 3.64. The van der Waals surface area contributed by atoms with Crippen molar-refractivity contribution in [3.8, 4) is 0 Å². The van der Waals surface area contributed by atoms with Crippen LogP contribution >= 0.6 is 0 Å². The highest BCUT2D eigenvalue weighted by atomic mass is 16.6. The van der Waals surface area contributed by atoms with E-state index in [4.69, 9.17) is 5.11 Å². The molecule has 2 aromatic rings. The molecule has 106 valence electrons. The number of anilines is 1. The van der Waals surface area contributed by atoms with Gasteiger partial charge in [0.15, 0.2) is 0 Å². The Morgan fingerprint density at radius 3 is 2.80 bits per heavy atom. The first-order valence-corrected chi connectivity index (χ1v) is 6.60. The van der Waals surface area contributed by atoms with Crippen LogP contribution in [0, 0.1) is 10.1 Å². The fourth-order valence-corrected chi connectivity index (χ4v) is 1.96. The van der Waals surface area contributed by atoms with Gasteiger partial charge in [0.1, 0.15) is 5.82 Å². The zero-order valence-electron chi connectivity index (χ0n) is 11.1. The van der Waals surface area contributed by atoms with Gasteiger partial charge < -0.3 is 10.4 Å². The highest BCUT2D eigenvalue weighted by Gasteiger charge is 2.06. The van der Waals surface area contributed by atoms with Gasteiger partial charge in [0.25, 0.3) is 5.69 Å². The maximum Gasteiger partial charge on any atom is 0.270 e. The number of nitro benzene ring substituents is 1. The van der Waals surface area contributed by atoms with Crippen molar-refractivity contribution < 1.29 is 10.0 Å². The van der Waals surface area contributed by atoms with Crippen LogP contribution < -0.4 is 5.32 Å². The number of pyridine rings is 1. The minimum Gasteiger partial charge on any atom is -0.396 e. The molecule has 0 amide bonds. The van der Waals surface area contributed by atoms with Crippen LogP contribution in [0.1, 0.15) is 19.3 Å². The molecule has 2 N–H and O–H groups in total. The molecule has 0 aliphatic rings. The van der Waals surface area contributed by atoms with Crippen LogP contribution in [-0.2, 0) is 0 Å². The number of benzene rings is 1. The molecule has 0 radical (unpaired) electrons. The minimum atomic E-state index is -0.410. The summed E-state index contributed by atoms with van der Waals surface area (Å²) in [4.78, 5) is 14.7. The molecule has 2 rings (SSSR count). The van der Waals surface area contributed by atoms with Crippen LogP contribution in [0.5, 0.6) is 0 Å². The van der Waals surface area contributed by atoms with E-state index in [1.165, 1.54) is 12.1 Å². The fraction of sp³-hybridized carbons (Fsp3) is 0.357. The Morgan fingerprint density at radius 2 is 2.05 bits per heavy atom. The number of aliphatic hydroxyl groups is 1. The number of unbranched alkanes of at least 4 members (excludes halogenated alkanes) is 2. The lowest BCUT2D eigenvalue weighted by Gasteiger charge is -2.06. The van der Waals surface area contributed by atoms with Crippen molar-refractivity contribution >= 4 is 22.4 Å². The first-order valence-electron chi connectivity index (χ1n) is 6.60. The number of rotatable bonds is 7. The SMILES string of the molecule is O=[N+]([O-])c1ccc2nc(NCCCCCO)ccc2c1. The van der Waals surface area contributed by atoms with Crippen molar-refractivity contribution in [2.24, 2.45) is 0 Å². The number of nitrogens with one attached hydrogen (secondary N) is 1. The van der Waals surface area contributed by atoms with Crippen molar-refractivity contribution in [2.45, 2.75) is 19.3 Å². The smallest absolute Gasteiger partial charge is 0.270 e. The van der Waals surface area contributed by atoms with Gasteiger partial charge >= 0.3 is 0 Å². The molecule has 0 aliphatic carbocycles. The number of nitro groups is 1. The number of hydrogen-bond acceptors (Lipinski definition) is 5. The number of fused-ring (bicyclic) bond motifs is 1. The summed E-state index contributed by atoms with van der Waals surface area (Å²) in [6, 6.07) is 8.28. The zero-order chi connectivity index (χ0) is 14.4. The van der Waals surface area contributed by atoms with Crippen LogP contribution in [0.3, 0.4) is 0 Å². The van der Waals surface area contributed by atoms with E-state index >= 15 is 0 Å². The van der Waals surface area contributed by atoms with Gasteiger partial charge in [-0.15, -0.1) is 0 Å². The Morgan fingerprint density at radius 1 is 1.20 bits per heavy atom. The summed E-state index contributed by atoms with van der Waals surface area (Å²) >= 11 is 0. The van der Waals surface area contributed by atoms with Gasteiger partial charge in [-0.3, -0.25) is 10.1 Å². The second kappa shape index (κ2) is 6.81. The molecule has 0 aliphatic heterocycles. The molecule has 20 heavy (non-hydrogen) atoms. The van der Waals surface area contributed by atoms with Crippen molar-refractivity contribution in [2.75, 3.05) is 18.5 Å². The lowest BCUT2D eigenvalue weighted by Crippen LogP contribution is -2.03. The molecular formula is C14H17N3O3. The summed E-state index contributed by atoms with van der Waals surface area (Å²) in [5.41, 5.74) is 0.806. The Labute approximate surface area is 116 Å². The number of nitrogens with zero attached hydrogens (tertiary/aromatic N) is 2. The Balaban J connectivity index is 2.02. The molecule has 1 aromatic carbocycles. The molecule has 6 heteroatoms. The Bertz CT molecular complexity index is 601. The third-order valence-corrected chi connectivity index (χ3v) is 3.02.